The van der Waals surface area contributed by atoms with Gasteiger partial charge in [0.15, 0.2) is 0 Å². The number of para-hydroxylation sites is 1. The van der Waals surface area contributed by atoms with Crippen LogP contribution in [0, 0.1) is 0 Å². The molecule has 0 aliphatic carbocycles. The fraction of sp³-hybridized carbons (Fsp3) is 0.150. The third-order valence-electron chi connectivity index (χ3n) is 4.22. The molecule has 0 bridgehead atoms. The van der Waals surface area contributed by atoms with Crippen molar-refractivity contribution < 1.29 is 9.21 Å². The molecule has 0 unspecified atom stereocenters. The normalized spacial score (nSPS) is 11.0. The standard InChI is InChI=1S/C20H18N2O2S/c23-20(11-15-12-21-19-8-2-1-7-18(15)19)22(13-16-5-3-9-24-16)14-17-6-4-10-25-17/h1-10,12,21H,11,13-14H2. The SMILES string of the molecule is O=C(Cc1c[nH]c2ccccc12)N(Cc1ccco1)Cc1cccs1. The van der Waals surface area contributed by atoms with Gasteiger partial charge in [-0.3, -0.25) is 4.79 Å². The van der Waals surface area contributed by atoms with Crippen molar-refractivity contribution in [3.63, 3.8) is 0 Å². The Morgan fingerprint density at radius 3 is 2.80 bits per heavy atom. The van der Waals surface area contributed by atoms with Crippen LogP contribution < -0.4 is 0 Å². The molecule has 1 N–H and O–H groups in total. The quantitative estimate of drug-likeness (QED) is 0.553. The van der Waals surface area contributed by atoms with Crippen LogP contribution in [-0.4, -0.2) is 15.8 Å². The lowest BCUT2D eigenvalue weighted by molar-refractivity contribution is -0.131. The first-order valence-corrected chi connectivity index (χ1v) is 9.05. The van der Waals surface area contributed by atoms with Gasteiger partial charge in [0.25, 0.3) is 0 Å². The molecule has 3 heterocycles. The minimum atomic E-state index is 0.0922. The molecule has 4 aromatic rings. The van der Waals surface area contributed by atoms with Gasteiger partial charge in [0.2, 0.25) is 5.91 Å². The van der Waals surface area contributed by atoms with E-state index in [1.807, 2.05) is 58.9 Å². The lowest BCUT2D eigenvalue weighted by Crippen LogP contribution is -2.31. The summed E-state index contributed by atoms with van der Waals surface area (Å²) in [6.45, 7) is 1.08. The van der Waals surface area contributed by atoms with Gasteiger partial charge in [-0.25, -0.2) is 0 Å². The zero-order chi connectivity index (χ0) is 17.1. The van der Waals surface area contributed by atoms with E-state index in [0.29, 0.717) is 19.5 Å². The number of carbonyl (C=O) groups is 1. The van der Waals surface area contributed by atoms with Crippen LogP contribution in [0.2, 0.25) is 0 Å². The first-order valence-electron chi connectivity index (χ1n) is 8.17. The second-order valence-corrected chi connectivity index (χ2v) is 6.98. The molecule has 0 saturated carbocycles. The summed E-state index contributed by atoms with van der Waals surface area (Å²) >= 11 is 1.66. The zero-order valence-electron chi connectivity index (χ0n) is 13.6. The molecule has 1 amide bonds. The lowest BCUT2D eigenvalue weighted by Gasteiger charge is -2.21. The number of nitrogens with zero attached hydrogens (tertiary/aromatic N) is 1. The number of rotatable bonds is 6. The monoisotopic (exact) mass is 350 g/mol. The molecule has 1 aromatic carbocycles. The maximum atomic E-state index is 13.0. The number of thiophene rings is 1. The maximum absolute atomic E-state index is 13.0. The van der Waals surface area contributed by atoms with Gasteiger partial charge in [0.05, 0.1) is 25.8 Å². The van der Waals surface area contributed by atoms with Gasteiger partial charge in [0, 0.05) is 22.0 Å². The second-order valence-electron chi connectivity index (χ2n) is 5.94. The molecular weight excluding hydrogens is 332 g/mol. The number of H-pyrrole nitrogens is 1. The Labute approximate surface area is 149 Å². The summed E-state index contributed by atoms with van der Waals surface area (Å²) in [5, 5.41) is 3.13. The highest BCUT2D eigenvalue weighted by Gasteiger charge is 2.18. The highest BCUT2D eigenvalue weighted by molar-refractivity contribution is 7.09. The van der Waals surface area contributed by atoms with Gasteiger partial charge in [-0.1, -0.05) is 24.3 Å². The fourth-order valence-electron chi connectivity index (χ4n) is 2.97. The number of aromatic amines is 1. The fourth-order valence-corrected chi connectivity index (χ4v) is 3.69. The van der Waals surface area contributed by atoms with E-state index in [9.17, 15) is 4.79 Å². The van der Waals surface area contributed by atoms with E-state index in [1.54, 1.807) is 17.6 Å². The van der Waals surface area contributed by atoms with Crippen molar-refractivity contribution in [1.29, 1.82) is 0 Å². The number of carbonyl (C=O) groups excluding carboxylic acids is 1. The van der Waals surface area contributed by atoms with Crippen molar-refractivity contribution in [3.05, 3.63) is 82.6 Å². The first kappa shape index (κ1) is 15.7. The predicted molar refractivity (Wildman–Crippen MR) is 99.3 cm³/mol. The van der Waals surface area contributed by atoms with Gasteiger partial charge >= 0.3 is 0 Å². The van der Waals surface area contributed by atoms with Gasteiger partial charge in [-0.15, -0.1) is 11.3 Å². The molecule has 0 fully saturated rings. The van der Waals surface area contributed by atoms with E-state index < -0.39 is 0 Å². The molecule has 126 valence electrons. The molecule has 0 spiro atoms. The Morgan fingerprint density at radius 2 is 2.00 bits per heavy atom. The number of amides is 1. The van der Waals surface area contributed by atoms with E-state index in [4.69, 9.17) is 4.42 Å². The molecule has 25 heavy (non-hydrogen) atoms. The smallest absolute Gasteiger partial charge is 0.227 e. The third kappa shape index (κ3) is 3.51. The topological polar surface area (TPSA) is 49.2 Å². The number of furan rings is 1. The Kier molecular flexibility index (Phi) is 4.39. The van der Waals surface area contributed by atoms with Crippen molar-refractivity contribution in [2.24, 2.45) is 0 Å². The molecule has 5 heteroatoms. The van der Waals surface area contributed by atoms with Crippen LogP contribution in [-0.2, 0) is 24.3 Å². The average Bonchev–Trinajstić information content (AvgIpc) is 3.37. The van der Waals surface area contributed by atoms with Crippen molar-refractivity contribution in [1.82, 2.24) is 9.88 Å². The molecule has 3 aromatic heterocycles. The van der Waals surface area contributed by atoms with Crippen LogP contribution >= 0.6 is 11.3 Å². The number of hydrogen-bond donors (Lipinski definition) is 1. The average molecular weight is 350 g/mol. The van der Waals surface area contributed by atoms with Gasteiger partial charge < -0.3 is 14.3 Å². The van der Waals surface area contributed by atoms with Crippen LogP contribution in [0.1, 0.15) is 16.2 Å². The lowest BCUT2D eigenvalue weighted by atomic mass is 10.1. The Bertz CT molecular complexity index is 919. The van der Waals surface area contributed by atoms with Crippen LogP contribution in [0.4, 0.5) is 0 Å². The Morgan fingerprint density at radius 1 is 1.08 bits per heavy atom. The van der Waals surface area contributed by atoms with Crippen LogP contribution in [0.15, 0.2) is 70.8 Å². The van der Waals surface area contributed by atoms with Crippen LogP contribution in [0.3, 0.4) is 0 Å². The van der Waals surface area contributed by atoms with Gasteiger partial charge in [-0.05, 0) is 35.2 Å². The summed E-state index contributed by atoms with van der Waals surface area (Å²) < 4.78 is 5.44. The molecule has 4 nitrogen and oxygen atoms in total. The highest BCUT2D eigenvalue weighted by atomic mass is 32.1. The van der Waals surface area contributed by atoms with E-state index in [-0.39, 0.29) is 5.91 Å². The van der Waals surface area contributed by atoms with Gasteiger partial charge in [0.1, 0.15) is 5.76 Å². The van der Waals surface area contributed by atoms with Crippen molar-refractivity contribution in [2.45, 2.75) is 19.5 Å². The second kappa shape index (κ2) is 6.99. The Hall–Kier alpha value is -2.79. The minimum Gasteiger partial charge on any atom is -0.467 e. The molecule has 0 aliphatic rings. The van der Waals surface area contributed by atoms with E-state index in [0.717, 1.165) is 22.2 Å². The molecular formula is C20H18N2O2S. The van der Waals surface area contributed by atoms with Crippen molar-refractivity contribution in [2.75, 3.05) is 0 Å². The number of hydrogen-bond acceptors (Lipinski definition) is 3. The molecule has 0 atom stereocenters. The summed E-state index contributed by atoms with van der Waals surface area (Å²) in [6, 6.07) is 15.9. The van der Waals surface area contributed by atoms with Crippen LogP contribution in [0.25, 0.3) is 10.9 Å². The number of benzene rings is 1. The van der Waals surface area contributed by atoms with E-state index in [1.165, 1.54) is 4.88 Å². The minimum absolute atomic E-state index is 0.0922. The zero-order valence-corrected chi connectivity index (χ0v) is 14.5. The van der Waals surface area contributed by atoms with Crippen molar-refractivity contribution >= 4 is 28.1 Å². The molecule has 0 saturated heterocycles. The number of aromatic nitrogens is 1. The molecule has 4 rings (SSSR count). The number of fused-ring (bicyclic) bond motifs is 1. The van der Waals surface area contributed by atoms with Gasteiger partial charge in [-0.2, -0.15) is 0 Å². The molecule has 0 radical (unpaired) electrons. The summed E-state index contributed by atoms with van der Waals surface area (Å²) in [4.78, 5) is 19.2. The van der Waals surface area contributed by atoms with Crippen LogP contribution in [0.5, 0.6) is 0 Å². The largest absolute Gasteiger partial charge is 0.467 e. The van der Waals surface area contributed by atoms with E-state index >= 15 is 0 Å². The Balaban J connectivity index is 1.56. The maximum Gasteiger partial charge on any atom is 0.227 e. The summed E-state index contributed by atoms with van der Waals surface area (Å²) in [5.74, 6) is 0.887. The van der Waals surface area contributed by atoms with E-state index in [2.05, 4.69) is 11.1 Å². The van der Waals surface area contributed by atoms with Crippen molar-refractivity contribution in [3.8, 4) is 0 Å². The summed E-state index contributed by atoms with van der Waals surface area (Å²) in [5.41, 5.74) is 2.08. The highest BCUT2D eigenvalue weighted by Crippen LogP contribution is 2.21. The first-order chi connectivity index (χ1) is 12.3. The summed E-state index contributed by atoms with van der Waals surface area (Å²) in [6.07, 6.45) is 3.94. The predicted octanol–water partition coefficient (Wildman–Crippen LogP) is 4.59. The number of nitrogens with one attached hydrogen (secondary N) is 1. The third-order valence-corrected chi connectivity index (χ3v) is 5.08. The molecule has 0 aliphatic heterocycles. The summed E-state index contributed by atoms with van der Waals surface area (Å²) in [7, 11) is 0.